The van der Waals surface area contributed by atoms with Gasteiger partial charge in [0.2, 0.25) is 0 Å². The summed E-state index contributed by atoms with van der Waals surface area (Å²) in [5.74, 6) is 0. The number of halogens is 2. The molecular weight excluding hydrogens is 213 g/mol. The summed E-state index contributed by atoms with van der Waals surface area (Å²) in [5, 5.41) is 0. The van der Waals surface area contributed by atoms with Gasteiger partial charge in [-0.2, -0.15) is 0 Å². The molecule has 0 radical (unpaired) electrons. The molecule has 70 valence electrons. The van der Waals surface area contributed by atoms with Gasteiger partial charge in [-0.15, -0.1) is 23.7 Å². The summed E-state index contributed by atoms with van der Waals surface area (Å²) < 4.78 is 0.826. The fourth-order valence-corrected chi connectivity index (χ4v) is 2.08. The van der Waals surface area contributed by atoms with E-state index in [2.05, 4.69) is 6.92 Å². The Balaban J connectivity index is 0.00000121. The Labute approximate surface area is 88.3 Å². The second-order valence-electron chi connectivity index (χ2n) is 2.54. The molecule has 0 aliphatic heterocycles. The SMILES string of the molecule is CCC[C@H](N)c1ccc(Cl)s1.Cl. The molecule has 0 aromatic carbocycles. The standard InChI is InChI=1S/C8H12ClNS.ClH/c1-2-3-6(10)7-4-5-8(9)11-7;/h4-6H,2-3,10H2,1H3;1H/t6-;/m0./s1. The van der Waals surface area contributed by atoms with Crippen molar-refractivity contribution in [1.29, 1.82) is 0 Å². The molecule has 0 saturated heterocycles. The van der Waals surface area contributed by atoms with E-state index in [1.54, 1.807) is 11.3 Å². The van der Waals surface area contributed by atoms with E-state index in [1.165, 1.54) is 4.88 Å². The van der Waals surface area contributed by atoms with Crippen LogP contribution < -0.4 is 5.73 Å². The minimum atomic E-state index is 0. The Morgan fingerprint density at radius 1 is 1.58 bits per heavy atom. The van der Waals surface area contributed by atoms with E-state index < -0.39 is 0 Å². The molecule has 0 bridgehead atoms. The molecule has 2 N–H and O–H groups in total. The van der Waals surface area contributed by atoms with E-state index in [9.17, 15) is 0 Å². The lowest BCUT2D eigenvalue weighted by Crippen LogP contribution is -2.07. The lowest BCUT2D eigenvalue weighted by molar-refractivity contribution is 0.648. The molecule has 0 aliphatic rings. The van der Waals surface area contributed by atoms with Gasteiger partial charge in [-0.25, -0.2) is 0 Å². The van der Waals surface area contributed by atoms with Crippen molar-refractivity contribution in [3.05, 3.63) is 21.3 Å². The van der Waals surface area contributed by atoms with Crippen LogP contribution >= 0.6 is 35.3 Å². The molecule has 0 spiro atoms. The summed E-state index contributed by atoms with van der Waals surface area (Å²) in [5.41, 5.74) is 5.87. The molecule has 1 heterocycles. The van der Waals surface area contributed by atoms with Crippen molar-refractivity contribution in [2.24, 2.45) is 5.73 Å². The minimum absolute atomic E-state index is 0. The van der Waals surface area contributed by atoms with E-state index >= 15 is 0 Å². The second kappa shape index (κ2) is 5.81. The smallest absolute Gasteiger partial charge is 0.0931 e. The van der Waals surface area contributed by atoms with Crippen LogP contribution in [0.1, 0.15) is 30.7 Å². The normalized spacial score (nSPS) is 12.2. The number of rotatable bonds is 3. The molecule has 1 aromatic heterocycles. The van der Waals surface area contributed by atoms with Gasteiger partial charge in [-0.1, -0.05) is 24.9 Å². The van der Waals surface area contributed by atoms with Crippen molar-refractivity contribution in [2.45, 2.75) is 25.8 Å². The van der Waals surface area contributed by atoms with Gasteiger partial charge in [0, 0.05) is 10.9 Å². The Morgan fingerprint density at radius 3 is 2.67 bits per heavy atom. The Kier molecular flexibility index (Phi) is 5.93. The summed E-state index contributed by atoms with van der Waals surface area (Å²) in [4.78, 5) is 1.19. The third-order valence-corrected chi connectivity index (χ3v) is 2.92. The van der Waals surface area contributed by atoms with Gasteiger partial charge in [0.05, 0.1) is 4.34 Å². The van der Waals surface area contributed by atoms with Crippen LogP contribution in [-0.2, 0) is 0 Å². The molecular formula is C8H13Cl2NS. The highest BCUT2D eigenvalue weighted by Crippen LogP contribution is 2.27. The van der Waals surface area contributed by atoms with Gasteiger partial charge in [0.25, 0.3) is 0 Å². The first-order chi connectivity index (χ1) is 5.24. The Morgan fingerprint density at radius 2 is 2.25 bits per heavy atom. The third-order valence-electron chi connectivity index (χ3n) is 1.56. The quantitative estimate of drug-likeness (QED) is 0.836. The van der Waals surface area contributed by atoms with E-state index in [0.29, 0.717) is 0 Å². The van der Waals surface area contributed by atoms with E-state index in [4.69, 9.17) is 17.3 Å². The van der Waals surface area contributed by atoms with Crippen LogP contribution in [0.3, 0.4) is 0 Å². The fraction of sp³-hybridized carbons (Fsp3) is 0.500. The zero-order chi connectivity index (χ0) is 8.27. The van der Waals surface area contributed by atoms with Crippen LogP contribution in [0.4, 0.5) is 0 Å². The van der Waals surface area contributed by atoms with Gasteiger partial charge in [-0.05, 0) is 18.6 Å². The molecule has 0 saturated carbocycles. The fourth-order valence-electron chi connectivity index (χ4n) is 0.981. The molecule has 0 unspecified atom stereocenters. The molecule has 0 amide bonds. The van der Waals surface area contributed by atoms with Crippen molar-refractivity contribution in [3.63, 3.8) is 0 Å². The monoisotopic (exact) mass is 225 g/mol. The summed E-state index contributed by atoms with van der Waals surface area (Å²) in [6.07, 6.45) is 2.16. The molecule has 1 aromatic rings. The van der Waals surface area contributed by atoms with Gasteiger partial charge >= 0.3 is 0 Å². The second-order valence-corrected chi connectivity index (χ2v) is 4.28. The average molecular weight is 226 g/mol. The molecule has 0 fully saturated rings. The van der Waals surface area contributed by atoms with Crippen molar-refractivity contribution < 1.29 is 0 Å². The summed E-state index contributed by atoms with van der Waals surface area (Å²) in [7, 11) is 0. The number of thiophene rings is 1. The molecule has 1 nitrogen and oxygen atoms in total. The summed E-state index contributed by atoms with van der Waals surface area (Å²) in [6, 6.07) is 4.09. The van der Waals surface area contributed by atoms with Crippen molar-refractivity contribution in [3.8, 4) is 0 Å². The highest BCUT2D eigenvalue weighted by atomic mass is 35.5. The molecule has 12 heavy (non-hydrogen) atoms. The first-order valence-electron chi connectivity index (χ1n) is 3.75. The van der Waals surface area contributed by atoms with E-state index in [1.807, 2.05) is 12.1 Å². The summed E-state index contributed by atoms with van der Waals surface area (Å²) >= 11 is 7.34. The number of nitrogens with two attached hydrogens (primary N) is 1. The van der Waals surface area contributed by atoms with Crippen LogP contribution in [0, 0.1) is 0 Å². The van der Waals surface area contributed by atoms with Crippen LogP contribution in [0.5, 0.6) is 0 Å². The van der Waals surface area contributed by atoms with E-state index in [0.717, 1.165) is 17.2 Å². The molecule has 1 atom stereocenters. The first kappa shape index (κ1) is 12.2. The molecule has 1 rings (SSSR count). The predicted molar refractivity (Wildman–Crippen MR) is 58.4 cm³/mol. The maximum atomic E-state index is 5.87. The maximum absolute atomic E-state index is 5.87. The van der Waals surface area contributed by atoms with Gasteiger partial charge < -0.3 is 5.73 Å². The largest absolute Gasteiger partial charge is 0.323 e. The number of hydrogen-bond donors (Lipinski definition) is 1. The van der Waals surface area contributed by atoms with Gasteiger partial charge in [0.15, 0.2) is 0 Å². The van der Waals surface area contributed by atoms with Gasteiger partial charge in [0.1, 0.15) is 0 Å². The average Bonchev–Trinajstić information content (AvgIpc) is 2.36. The zero-order valence-electron chi connectivity index (χ0n) is 6.92. The lowest BCUT2D eigenvalue weighted by Gasteiger charge is -2.05. The highest BCUT2D eigenvalue weighted by molar-refractivity contribution is 7.16. The van der Waals surface area contributed by atoms with Crippen LogP contribution in [0.15, 0.2) is 12.1 Å². The summed E-state index contributed by atoms with van der Waals surface area (Å²) in [6.45, 7) is 2.13. The van der Waals surface area contributed by atoms with Crippen molar-refractivity contribution in [1.82, 2.24) is 0 Å². The molecule has 0 aliphatic carbocycles. The highest BCUT2D eigenvalue weighted by Gasteiger charge is 2.06. The van der Waals surface area contributed by atoms with Crippen LogP contribution in [-0.4, -0.2) is 0 Å². The van der Waals surface area contributed by atoms with Crippen LogP contribution in [0.2, 0.25) is 4.34 Å². The topological polar surface area (TPSA) is 26.0 Å². The third kappa shape index (κ3) is 3.31. The lowest BCUT2D eigenvalue weighted by atomic mass is 10.1. The Bertz CT molecular complexity index is 225. The Hall–Kier alpha value is 0.240. The zero-order valence-corrected chi connectivity index (χ0v) is 9.31. The predicted octanol–water partition coefficient (Wildman–Crippen LogP) is 3.62. The first-order valence-corrected chi connectivity index (χ1v) is 4.94. The maximum Gasteiger partial charge on any atom is 0.0931 e. The van der Waals surface area contributed by atoms with E-state index in [-0.39, 0.29) is 18.4 Å². The van der Waals surface area contributed by atoms with Crippen molar-refractivity contribution >= 4 is 35.3 Å². The van der Waals surface area contributed by atoms with Crippen molar-refractivity contribution in [2.75, 3.05) is 0 Å². The van der Waals surface area contributed by atoms with Crippen LogP contribution in [0.25, 0.3) is 0 Å². The minimum Gasteiger partial charge on any atom is -0.323 e. The molecule has 4 heteroatoms. The van der Waals surface area contributed by atoms with Gasteiger partial charge in [-0.3, -0.25) is 0 Å². The number of hydrogen-bond acceptors (Lipinski definition) is 2.